The number of carbonyl (C=O) groups is 3. The monoisotopic (exact) mass is 410 g/mol. The van der Waals surface area contributed by atoms with E-state index >= 15 is 0 Å². The summed E-state index contributed by atoms with van der Waals surface area (Å²) in [4.78, 5) is 34.3. The lowest BCUT2D eigenvalue weighted by Gasteiger charge is -2.21. The number of ether oxygens (including phenoxy) is 2. The van der Waals surface area contributed by atoms with Crippen LogP contribution in [0.25, 0.3) is 0 Å². The maximum Gasteiger partial charge on any atom is 0.325 e. The van der Waals surface area contributed by atoms with Gasteiger partial charge in [-0.15, -0.1) is 23.5 Å². The average molecular weight is 411 g/mol. The average Bonchev–Trinajstić information content (AvgIpc) is 2.97. The van der Waals surface area contributed by atoms with Gasteiger partial charge in [0.25, 0.3) is 0 Å². The third-order valence-electron chi connectivity index (χ3n) is 3.72. The van der Waals surface area contributed by atoms with Crippen LogP contribution in [0, 0.1) is 0 Å². The molecule has 1 aliphatic heterocycles. The van der Waals surface area contributed by atoms with Gasteiger partial charge in [0.2, 0.25) is 0 Å². The zero-order valence-corrected chi connectivity index (χ0v) is 16.3. The highest BCUT2D eigenvalue weighted by atomic mass is 32.2. The second-order valence-electron chi connectivity index (χ2n) is 5.97. The molecule has 0 aromatic carbocycles. The van der Waals surface area contributed by atoms with E-state index in [0.717, 1.165) is 6.29 Å². The van der Waals surface area contributed by atoms with E-state index < -0.39 is 36.2 Å². The Bertz CT molecular complexity index is 455. The molecular weight excluding hydrogens is 384 g/mol. The second-order valence-corrected chi connectivity index (χ2v) is 9.17. The number of aldehydes is 1. The SMILES string of the molecule is C[C@@H](O)[C@H](N)C(=O)OC[C@@H]1SC(CC=O)S[C@@H]1COC(=O)[C@@H](N)[C@@H](C)O. The van der Waals surface area contributed by atoms with Crippen molar-refractivity contribution in [3.05, 3.63) is 0 Å². The van der Waals surface area contributed by atoms with Crippen LogP contribution >= 0.6 is 23.5 Å². The van der Waals surface area contributed by atoms with E-state index in [1.165, 1.54) is 37.4 Å². The minimum atomic E-state index is -1.14. The molecule has 1 rings (SSSR count). The zero-order chi connectivity index (χ0) is 19.9. The lowest BCUT2D eigenvalue weighted by atomic mass is 10.2. The first-order valence-electron chi connectivity index (χ1n) is 8.12. The molecule has 1 heterocycles. The van der Waals surface area contributed by atoms with Crippen LogP contribution in [0.2, 0.25) is 0 Å². The summed E-state index contributed by atoms with van der Waals surface area (Å²) in [5.41, 5.74) is 11.0. The van der Waals surface area contributed by atoms with Gasteiger partial charge in [0.15, 0.2) is 0 Å². The molecule has 0 saturated carbocycles. The van der Waals surface area contributed by atoms with Gasteiger partial charge in [-0.3, -0.25) is 9.59 Å². The number of aliphatic hydroxyl groups is 2. The van der Waals surface area contributed by atoms with Gasteiger partial charge >= 0.3 is 11.9 Å². The molecule has 0 amide bonds. The molecule has 1 saturated heterocycles. The van der Waals surface area contributed by atoms with E-state index in [9.17, 15) is 24.6 Å². The zero-order valence-electron chi connectivity index (χ0n) is 14.6. The minimum Gasteiger partial charge on any atom is -0.463 e. The Morgan fingerprint density at radius 2 is 1.38 bits per heavy atom. The third-order valence-corrected chi connectivity index (χ3v) is 7.18. The van der Waals surface area contributed by atoms with Gasteiger partial charge in [0.1, 0.15) is 31.6 Å². The van der Waals surface area contributed by atoms with Crippen molar-refractivity contribution in [2.45, 2.75) is 59.6 Å². The van der Waals surface area contributed by atoms with Gasteiger partial charge in [-0.2, -0.15) is 0 Å². The Kier molecular flexibility index (Phi) is 9.90. The number of hydrogen-bond acceptors (Lipinski definition) is 11. The molecular formula is C15H26N2O7S2. The van der Waals surface area contributed by atoms with E-state index in [-0.39, 0.29) is 28.3 Å². The van der Waals surface area contributed by atoms with Crippen molar-refractivity contribution in [1.82, 2.24) is 0 Å². The van der Waals surface area contributed by atoms with Gasteiger partial charge in [0.05, 0.1) is 27.3 Å². The predicted octanol–water partition coefficient (Wildman–Crippen LogP) is -1.38. The van der Waals surface area contributed by atoms with Crippen LogP contribution in [-0.4, -0.2) is 81.0 Å². The largest absolute Gasteiger partial charge is 0.463 e. The highest BCUT2D eigenvalue weighted by molar-refractivity contribution is 8.20. The first-order chi connectivity index (χ1) is 12.2. The molecule has 9 nitrogen and oxygen atoms in total. The summed E-state index contributed by atoms with van der Waals surface area (Å²) in [6, 6.07) is -2.28. The smallest absolute Gasteiger partial charge is 0.325 e. The van der Waals surface area contributed by atoms with E-state index in [2.05, 4.69) is 0 Å². The molecule has 0 aromatic heterocycles. The lowest BCUT2D eigenvalue weighted by molar-refractivity contribution is -0.149. The molecule has 1 unspecified atom stereocenters. The molecule has 1 fully saturated rings. The number of nitrogens with two attached hydrogens (primary N) is 2. The number of hydrogen-bond donors (Lipinski definition) is 4. The van der Waals surface area contributed by atoms with E-state index in [1.54, 1.807) is 0 Å². The number of thioether (sulfide) groups is 2. The normalized spacial score (nSPS) is 27.2. The summed E-state index contributed by atoms with van der Waals surface area (Å²) >= 11 is 2.90. The molecule has 0 aliphatic carbocycles. The van der Waals surface area contributed by atoms with Gasteiger partial charge in [-0.05, 0) is 13.8 Å². The Hall–Kier alpha value is -0.850. The van der Waals surface area contributed by atoms with Crippen molar-refractivity contribution in [3.8, 4) is 0 Å². The van der Waals surface area contributed by atoms with E-state index in [1.807, 2.05) is 0 Å². The van der Waals surface area contributed by atoms with Crippen molar-refractivity contribution < 1.29 is 34.1 Å². The molecule has 26 heavy (non-hydrogen) atoms. The number of aliphatic hydroxyl groups excluding tert-OH is 2. The van der Waals surface area contributed by atoms with Crippen LogP contribution in [0.1, 0.15) is 20.3 Å². The Morgan fingerprint density at radius 1 is 1.00 bits per heavy atom. The van der Waals surface area contributed by atoms with Crippen molar-refractivity contribution in [3.63, 3.8) is 0 Å². The van der Waals surface area contributed by atoms with Crippen LogP contribution in [-0.2, 0) is 23.9 Å². The van der Waals surface area contributed by atoms with Crippen molar-refractivity contribution >= 4 is 41.7 Å². The van der Waals surface area contributed by atoms with E-state index in [0.29, 0.717) is 6.42 Å². The highest BCUT2D eigenvalue weighted by Gasteiger charge is 2.38. The molecule has 0 spiro atoms. The third kappa shape index (κ3) is 7.05. The van der Waals surface area contributed by atoms with Gasteiger partial charge in [-0.1, -0.05) is 0 Å². The first-order valence-corrected chi connectivity index (χ1v) is 10.0. The maximum absolute atomic E-state index is 11.8. The Labute approximate surface area is 160 Å². The van der Waals surface area contributed by atoms with Crippen LogP contribution in [0.4, 0.5) is 0 Å². The van der Waals surface area contributed by atoms with Gasteiger partial charge < -0.3 is 35.9 Å². The lowest BCUT2D eigenvalue weighted by Crippen LogP contribution is -2.43. The molecule has 0 aromatic rings. The fraction of sp³-hybridized carbons (Fsp3) is 0.800. The predicted molar refractivity (Wildman–Crippen MR) is 98.5 cm³/mol. The summed E-state index contributed by atoms with van der Waals surface area (Å²) < 4.78 is 10.2. The second kappa shape index (κ2) is 11.1. The quantitative estimate of drug-likeness (QED) is 0.248. The van der Waals surface area contributed by atoms with E-state index in [4.69, 9.17) is 20.9 Å². The van der Waals surface area contributed by atoms with Crippen molar-refractivity contribution in [1.29, 1.82) is 0 Å². The molecule has 0 radical (unpaired) electrons. The first kappa shape index (κ1) is 23.2. The maximum atomic E-state index is 11.8. The number of esters is 2. The van der Waals surface area contributed by atoms with Crippen LogP contribution < -0.4 is 11.5 Å². The summed E-state index contributed by atoms with van der Waals surface area (Å²) in [5, 5.41) is 18.2. The van der Waals surface area contributed by atoms with Crippen LogP contribution in [0.5, 0.6) is 0 Å². The summed E-state index contributed by atoms with van der Waals surface area (Å²) in [7, 11) is 0. The summed E-state index contributed by atoms with van der Waals surface area (Å²) in [6.45, 7) is 2.80. The molecule has 1 aliphatic rings. The number of carbonyl (C=O) groups excluding carboxylic acids is 3. The molecule has 7 atom stereocenters. The standard InChI is InChI=1S/C15H26N2O7S2/c1-7(19)12(16)14(21)23-5-9-10(26-11(25-9)3-4-18)6-24-15(22)13(17)8(2)20/h4,7-13,19-20H,3,5-6,16-17H2,1-2H3/t7-,8-,9-,10+,11?,12+,13+/m1/s1. The highest BCUT2D eigenvalue weighted by Crippen LogP contribution is 2.45. The Morgan fingerprint density at radius 3 is 1.69 bits per heavy atom. The molecule has 150 valence electrons. The Balaban J connectivity index is 2.60. The summed E-state index contributed by atoms with van der Waals surface area (Å²) in [5.74, 6) is -1.45. The van der Waals surface area contributed by atoms with Crippen LogP contribution in [0.3, 0.4) is 0 Å². The fourth-order valence-electron chi connectivity index (χ4n) is 2.00. The fourth-order valence-corrected chi connectivity index (χ4v) is 5.45. The molecule has 11 heteroatoms. The van der Waals surface area contributed by atoms with Crippen molar-refractivity contribution in [2.24, 2.45) is 11.5 Å². The van der Waals surface area contributed by atoms with Gasteiger partial charge in [-0.25, -0.2) is 0 Å². The molecule has 0 bridgehead atoms. The summed E-state index contributed by atoms with van der Waals surface area (Å²) in [6.07, 6.45) is -0.955. The van der Waals surface area contributed by atoms with Crippen molar-refractivity contribution in [2.75, 3.05) is 13.2 Å². The van der Waals surface area contributed by atoms with Crippen LogP contribution in [0.15, 0.2) is 0 Å². The topological polar surface area (TPSA) is 162 Å². The molecule has 6 N–H and O–H groups in total. The van der Waals surface area contributed by atoms with Gasteiger partial charge in [0, 0.05) is 6.42 Å². The number of rotatable bonds is 10. The minimum absolute atomic E-state index is 0.0109.